The highest BCUT2D eigenvalue weighted by Gasteiger charge is 2.10. The Morgan fingerprint density at radius 3 is 2.70 bits per heavy atom. The third-order valence-electron chi connectivity index (χ3n) is 3.22. The second kappa shape index (κ2) is 7.65. The van der Waals surface area contributed by atoms with Crippen molar-refractivity contribution in [2.75, 3.05) is 19.0 Å². The molecule has 2 aromatic rings. The number of hydrogen-bond acceptors (Lipinski definition) is 3. The molecule has 0 radical (unpaired) electrons. The Morgan fingerprint density at radius 1 is 1.17 bits per heavy atom. The maximum Gasteiger partial charge on any atom is 0.251 e. The van der Waals surface area contributed by atoms with Gasteiger partial charge in [-0.25, -0.2) is 0 Å². The molecule has 0 saturated carbocycles. The topological polar surface area (TPSA) is 67.4 Å². The van der Waals surface area contributed by atoms with Crippen LogP contribution in [-0.2, 0) is 4.79 Å². The van der Waals surface area contributed by atoms with Crippen molar-refractivity contribution in [2.45, 2.75) is 6.92 Å². The number of anilines is 1. The van der Waals surface area contributed by atoms with Crippen LogP contribution in [-0.4, -0.2) is 25.5 Å². The Labute approximate surface area is 139 Å². The molecule has 0 fully saturated rings. The Bertz CT molecular complexity index is 732. The van der Waals surface area contributed by atoms with E-state index in [-0.39, 0.29) is 18.4 Å². The zero-order valence-electron chi connectivity index (χ0n) is 12.9. The van der Waals surface area contributed by atoms with E-state index in [1.165, 1.54) is 7.11 Å². The van der Waals surface area contributed by atoms with Gasteiger partial charge in [0.2, 0.25) is 5.91 Å². The molecule has 2 rings (SSSR count). The van der Waals surface area contributed by atoms with E-state index in [2.05, 4.69) is 10.6 Å². The number of amides is 2. The highest BCUT2D eigenvalue weighted by atomic mass is 35.5. The lowest BCUT2D eigenvalue weighted by atomic mass is 10.2. The number of rotatable bonds is 5. The van der Waals surface area contributed by atoms with Crippen LogP contribution < -0.4 is 15.4 Å². The lowest BCUT2D eigenvalue weighted by molar-refractivity contribution is -0.115. The smallest absolute Gasteiger partial charge is 0.251 e. The van der Waals surface area contributed by atoms with Crippen LogP contribution in [0.15, 0.2) is 42.5 Å². The molecule has 0 atom stereocenters. The fourth-order valence-electron chi connectivity index (χ4n) is 1.95. The molecule has 0 spiro atoms. The summed E-state index contributed by atoms with van der Waals surface area (Å²) in [6, 6.07) is 11.9. The SMILES string of the molecule is COc1cccc(C(=O)NCC(=O)Nc2cc(Cl)ccc2C)c1. The number of ether oxygens (including phenoxy) is 1. The molecule has 6 heteroatoms. The van der Waals surface area contributed by atoms with Crippen LogP contribution in [0.5, 0.6) is 5.75 Å². The second-order valence-corrected chi connectivity index (χ2v) is 5.36. The quantitative estimate of drug-likeness (QED) is 0.884. The number of carbonyl (C=O) groups is 2. The van der Waals surface area contributed by atoms with Crippen molar-refractivity contribution in [3.05, 3.63) is 58.6 Å². The summed E-state index contributed by atoms with van der Waals surface area (Å²) >= 11 is 5.90. The Hall–Kier alpha value is -2.53. The van der Waals surface area contributed by atoms with E-state index in [0.717, 1.165) is 5.56 Å². The van der Waals surface area contributed by atoms with Crippen LogP contribution >= 0.6 is 11.6 Å². The molecular formula is C17H17ClN2O3. The van der Waals surface area contributed by atoms with Crippen molar-refractivity contribution in [3.8, 4) is 5.75 Å². The van der Waals surface area contributed by atoms with Crippen LogP contribution in [0.2, 0.25) is 5.02 Å². The number of nitrogens with one attached hydrogen (secondary N) is 2. The zero-order valence-corrected chi connectivity index (χ0v) is 13.6. The van der Waals surface area contributed by atoms with E-state index in [1.807, 2.05) is 13.0 Å². The molecular weight excluding hydrogens is 316 g/mol. The molecule has 0 aliphatic heterocycles. The molecule has 5 nitrogen and oxygen atoms in total. The molecule has 0 unspecified atom stereocenters. The maximum absolute atomic E-state index is 12.0. The van der Waals surface area contributed by atoms with E-state index in [0.29, 0.717) is 22.0 Å². The standard InChI is InChI=1S/C17H17ClN2O3/c1-11-6-7-13(18)9-15(11)20-16(21)10-19-17(22)12-4-3-5-14(8-12)23-2/h3-9H,10H2,1-2H3,(H,19,22)(H,20,21). The van der Waals surface area contributed by atoms with E-state index in [1.54, 1.807) is 36.4 Å². The summed E-state index contributed by atoms with van der Waals surface area (Å²) in [5.74, 6) is -0.0925. The minimum atomic E-state index is -0.345. The van der Waals surface area contributed by atoms with Crippen molar-refractivity contribution in [1.29, 1.82) is 0 Å². The summed E-state index contributed by atoms with van der Waals surface area (Å²) in [6.07, 6.45) is 0. The van der Waals surface area contributed by atoms with E-state index in [4.69, 9.17) is 16.3 Å². The third-order valence-corrected chi connectivity index (χ3v) is 3.45. The van der Waals surface area contributed by atoms with E-state index < -0.39 is 0 Å². The minimum Gasteiger partial charge on any atom is -0.497 e. The number of methoxy groups -OCH3 is 1. The molecule has 0 bridgehead atoms. The molecule has 2 aromatic carbocycles. The van der Waals surface area contributed by atoms with E-state index >= 15 is 0 Å². The minimum absolute atomic E-state index is 0.137. The summed E-state index contributed by atoms with van der Waals surface area (Å²) in [6.45, 7) is 1.72. The Kier molecular flexibility index (Phi) is 5.60. The first-order valence-electron chi connectivity index (χ1n) is 6.98. The first-order valence-corrected chi connectivity index (χ1v) is 7.35. The number of hydrogen-bond donors (Lipinski definition) is 2. The first kappa shape index (κ1) is 16.8. The average Bonchev–Trinajstić information content (AvgIpc) is 2.56. The summed E-state index contributed by atoms with van der Waals surface area (Å²) in [7, 11) is 1.53. The van der Waals surface area contributed by atoms with Gasteiger partial charge in [-0.05, 0) is 42.8 Å². The van der Waals surface area contributed by atoms with Crippen LogP contribution in [0.1, 0.15) is 15.9 Å². The molecule has 2 N–H and O–H groups in total. The van der Waals surface area contributed by atoms with Gasteiger partial charge in [0.25, 0.3) is 5.91 Å². The van der Waals surface area contributed by atoms with Crippen molar-refractivity contribution in [3.63, 3.8) is 0 Å². The summed E-state index contributed by atoms with van der Waals surface area (Å²) in [5.41, 5.74) is 1.94. The first-order chi connectivity index (χ1) is 11.0. The highest BCUT2D eigenvalue weighted by Crippen LogP contribution is 2.19. The molecule has 0 aliphatic carbocycles. The lowest BCUT2D eigenvalue weighted by Gasteiger charge is -2.10. The molecule has 120 valence electrons. The molecule has 0 saturated heterocycles. The van der Waals surface area contributed by atoms with Crippen molar-refractivity contribution in [1.82, 2.24) is 5.32 Å². The number of aryl methyl sites for hydroxylation is 1. The largest absolute Gasteiger partial charge is 0.497 e. The monoisotopic (exact) mass is 332 g/mol. The van der Waals surface area contributed by atoms with Crippen LogP contribution in [0, 0.1) is 6.92 Å². The molecule has 0 aromatic heterocycles. The van der Waals surface area contributed by atoms with Gasteiger partial charge in [-0.15, -0.1) is 0 Å². The van der Waals surface area contributed by atoms with Crippen LogP contribution in [0.4, 0.5) is 5.69 Å². The predicted molar refractivity (Wildman–Crippen MR) is 90.1 cm³/mol. The predicted octanol–water partition coefficient (Wildman–Crippen LogP) is 3.03. The molecule has 23 heavy (non-hydrogen) atoms. The van der Waals surface area contributed by atoms with Gasteiger partial charge in [0.1, 0.15) is 5.75 Å². The van der Waals surface area contributed by atoms with Crippen molar-refractivity contribution < 1.29 is 14.3 Å². The summed E-state index contributed by atoms with van der Waals surface area (Å²) in [4.78, 5) is 24.0. The third kappa shape index (κ3) is 4.72. The van der Waals surface area contributed by atoms with Crippen LogP contribution in [0.25, 0.3) is 0 Å². The van der Waals surface area contributed by atoms with Crippen molar-refractivity contribution >= 4 is 29.1 Å². The molecule has 0 heterocycles. The molecule has 0 aliphatic rings. The maximum atomic E-state index is 12.0. The van der Waals surface area contributed by atoms with Gasteiger partial charge in [0, 0.05) is 16.3 Å². The van der Waals surface area contributed by atoms with Crippen LogP contribution in [0.3, 0.4) is 0 Å². The fraction of sp³-hybridized carbons (Fsp3) is 0.176. The van der Waals surface area contributed by atoms with Gasteiger partial charge in [0.05, 0.1) is 13.7 Å². The molecule has 2 amide bonds. The van der Waals surface area contributed by atoms with Crippen molar-refractivity contribution in [2.24, 2.45) is 0 Å². The van der Waals surface area contributed by atoms with Gasteiger partial charge in [-0.2, -0.15) is 0 Å². The number of halogens is 1. The Balaban J connectivity index is 1.93. The Morgan fingerprint density at radius 2 is 1.96 bits per heavy atom. The fourth-order valence-corrected chi connectivity index (χ4v) is 2.12. The van der Waals surface area contributed by atoms with Gasteiger partial charge in [-0.1, -0.05) is 23.7 Å². The average molecular weight is 333 g/mol. The second-order valence-electron chi connectivity index (χ2n) is 4.92. The van der Waals surface area contributed by atoms with Gasteiger partial charge >= 0.3 is 0 Å². The zero-order chi connectivity index (χ0) is 16.8. The summed E-state index contributed by atoms with van der Waals surface area (Å²) < 4.78 is 5.06. The highest BCUT2D eigenvalue weighted by molar-refractivity contribution is 6.31. The lowest BCUT2D eigenvalue weighted by Crippen LogP contribution is -2.33. The van der Waals surface area contributed by atoms with Gasteiger partial charge in [0.15, 0.2) is 0 Å². The number of carbonyl (C=O) groups excluding carboxylic acids is 2. The number of benzene rings is 2. The normalized spacial score (nSPS) is 10.0. The summed E-state index contributed by atoms with van der Waals surface area (Å²) in [5, 5.41) is 5.82. The van der Waals surface area contributed by atoms with Gasteiger partial charge in [-0.3, -0.25) is 9.59 Å². The van der Waals surface area contributed by atoms with E-state index in [9.17, 15) is 9.59 Å². The van der Waals surface area contributed by atoms with Gasteiger partial charge < -0.3 is 15.4 Å².